The summed E-state index contributed by atoms with van der Waals surface area (Å²) in [5.41, 5.74) is 2.09. The van der Waals surface area contributed by atoms with Gasteiger partial charge in [-0.25, -0.2) is 8.78 Å². The van der Waals surface area contributed by atoms with Gasteiger partial charge in [0.2, 0.25) is 0 Å². The highest BCUT2D eigenvalue weighted by molar-refractivity contribution is 9.09. The zero-order chi connectivity index (χ0) is 15.1. The lowest BCUT2D eigenvalue weighted by Gasteiger charge is -2.02. The topological polar surface area (TPSA) is 0 Å². The number of hydrogen-bond donors (Lipinski definition) is 0. The van der Waals surface area contributed by atoms with Crippen molar-refractivity contribution in [3.8, 4) is 0 Å². The molecule has 0 saturated carbocycles. The van der Waals surface area contributed by atoms with Crippen LogP contribution in [0.15, 0.2) is 49.0 Å². The van der Waals surface area contributed by atoms with Crippen LogP contribution in [0.25, 0.3) is 5.57 Å². The molecule has 0 aliphatic carbocycles. The summed E-state index contributed by atoms with van der Waals surface area (Å²) in [5, 5.41) is 1.32. The molecule has 0 bridgehead atoms. The summed E-state index contributed by atoms with van der Waals surface area (Å²) in [5.74, 6) is -1.14. The van der Waals surface area contributed by atoms with Gasteiger partial charge >= 0.3 is 0 Å². The van der Waals surface area contributed by atoms with E-state index in [2.05, 4.69) is 22.5 Å². The Morgan fingerprint density at radius 3 is 2.30 bits per heavy atom. The average molecular weight is 360 g/mol. The third kappa shape index (κ3) is 5.06. The Kier molecular flexibility index (Phi) is 6.89. The van der Waals surface area contributed by atoms with E-state index >= 15 is 0 Å². The maximum atomic E-state index is 13.0. The summed E-state index contributed by atoms with van der Waals surface area (Å²) in [7, 11) is 0. The molecule has 0 unspecified atom stereocenters. The molecule has 0 nitrogen and oxygen atoms in total. The van der Waals surface area contributed by atoms with Gasteiger partial charge in [-0.2, -0.15) is 0 Å². The molecule has 0 aromatic heterocycles. The van der Waals surface area contributed by atoms with Crippen molar-refractivity contribution < 1.29 is 8.78 Å². The lowest BCUT2D eigenvalue weighted by molar-refractivity contribution is 0.581. The molecule has 106 valence electrons. The predicted octanol–water partition coefficient (Wildman–Crippen LogP) is 6.02. The van der Waals surface area contributed by atoms with Crippen LogP contribution in [0.4, 0.5) is 8.78 Å². The summed E-state index contributed by atoms with van der Waals surface area (Å²) in [6.45, 7) is 5.61. The SMILES string of the molecule is C=C(CBr)c1ccc(F)cc1F.Cc1ccccc1Cl. The van der Waals surface area contributed by atoms with E-state index in [0.29, 0.717) is 16.5 Å². The van der Waals surface area contributed by atoms with Gasteiger partial charge in [-0.15, -0.1) is 0 Å². The number of allylic oxidation sites excluding steroid dienone is 1. The number of alkyl halides is 1. The first kappa shape index (κ1) is 16.9. The Hall–Kier alpha value is -1.19. The minimum absolute atomic E-state index is 0.355. The number of hydrogen-bond acceptors (Lipinski definition) is 0. The van der Waals surface area contributed by atoms with Crippen LogP contribution >= 0.6 is 27.5 Å². The average Bonchev–Trinajstić information content (AvgIpc) is 2.42. The second-order valence-corrected chi connectivity index (χ2v) is 5.08. The van der Waals surface area contributed by atoms with Crippen LogP contribution in [0.2, 0.25) is 5.02 Å². The van der Waals surface area contributed by atoms with Gasteiger partial charge in [0.25, 0.3) is 0 Å². The van der Waals surface area contributed by atoms with Crippen LogP contribution in [-0.2, 0) is 0 Å². The fourth-order valence-corrected chi connectivity index (χ4v) is 1.84. The zero-order valence-corrected chi connectivity index (χ0v) is 13.3. The monoisotopic (exact) mass is 358 g/mol. The number of rotatable bonds is 2. The Morgan fingerprint density at radius 1 is 1.20 bits per heavy atom. The van der Waals surface area contributed by atoms with Crippen molar-refractivity contribution >= 4 is 33.1 Å². The molecule has 0 spiro atoms. The standard InChI is InChI=1S/C9H7BrF2.C7H7Cl/c1-6(5-10)8-3-2-7(11)4-9(8)12;1-6-4-2-3-5-7(6)8/h2-4H,1,5H2;2-5H,1H3. The molecule has 2 rings (SSSR count). The minimum Gasteiger partial charge on any atom is -0.207 e. The minimum atomic E-state index is -0.571. The molecule has 0 atom stereocenters. The molecule has 2 aromatic rings. The Bertz CT molecular complexity index is 576. The van der Waals surface area contributed by atoms with E-state index in [1.165, 1.54) is 12.1 Å². The second-order valence-electron chi connectivity index (χ2n) is 4.11. The van der Waals surface area contributed by atoms with Crippen molar-refractivity contribution in [2.24, 2.45) is 0 Å². The summed E-state index contributed by atoms with van der Waals surface area (Å²) >= 11 is 8.85. The number of halogens is 4. The van der Waals surface area contributed by atoms with Gasteiger partial charge in [-0.05, 0) is 36.3 Å². The van der Waals surface area contributed by atoms with E-state index in [0.717, 1.165) is 16.7 Å². The molecule has 20 heavy (non-hydrogen) atoms. The number of benzene rings is 2. The summed E-state index contributed by atoms with van der Waals surface area (Å²) in [4.78, 5) is 0. The second kappa shape index (κ2) is 8.18. The molecular formula is C16H14BrClF2. The van der Waals surface area contributed by atoms with E-state index in [1.807, 2.05) is 31.2 Å². The molecule has 0 radical (unpaired) electrons. The molecule has 0 saturated heterocycles. The lowest BCUT2D eigenvalue weighted by atomic mass is 10.1. The third-order valence-corrected chi connectivity index (χ3v) is 3.65. The molecule has 0 N–H and O–H groups in total. The van der Waals surface area contributed by atoms with Crippen LogP contribution in [0.3, 0.4) is 0 Å². The van der Waals surface area contributed by atoms with Crippen molar-refractivity contribution in [3.63, 3.8) is 0 Å². The Balaban J connectivity index is 0.000000217. The van der Waals surface area contributed by atoms with Crippen molar-refractivity contribution in [3.05, 3.63) is 76.8 Å². The van der Waals surface area contributed by atoms with E-state index in [9.17, 15) is 8.78 Å². The van der Waals surface area contributed by atoms with Crippen LogP contribution in [0.5, 0.6) is 0 Å². The maximum Gasteiger partial charge on any atom is 0.133 e. The summed E-state index contributed by atoms with van der Waals surface area (Å²) in [6.07, 6.45) is 0. The van der Waals surface area contributed by atoms with Crippen molar-refractivity contribution in [2.75, 3.05) is 5.33 Å². The highest BCUT2D eigenvalue weighted by Gasteiger charge is 2.05. The van der Waals surface area contributed by atoms with E-state index in [-0.39, 0.29) is 0 Å². The van der Waals surface area contributed by atoms with Crippen LogP contribution < -0.4 is 0 Å². The maximum absolute atomic E-state index is 13.0. The first-order valence-corrected chi connectivity index (χ1v) is 7.36. The van der Waals surface area contributed by atoms with Gasteiger partial charge < -0.3 is 0 Å². The largest absolute Gasteiger partial charge is 0.207 e. The molecular weight excluding hydrogens is 346 g/mol. The quantitative estimate of drug-likeness (QED) is 0.575. The fourth-order valence-electron chi connectivity index (χ4n) is 1.40. The first-order chi connectivity index (χ1) is 9.45. The zero-order valence-electron chi connectivity index (χ0n) is 11.0. The molecule has 0 amide bonds. The number of aryl methyl sites for hydroxylation is 1. The van der Waals surface area contributed by atoms with Gasteiger partial charge in [-0.1, -0.05) is 52.3 Å². The van der Waals surface area contributed by atoms with Crippen LogP contribution in [-0.4, -0.2) is 5.33 Å². The van der Waals surface area contributed by atoms with Gasteiger partial charge in [-0.3, -0.25) is 0 Å². The van der Waals surface area contributed by atoms with Crippen LogP contribution in [0, 0.1) is 18.6 Å². The van der Waals surface area contributed by atoms with Crippen molar-refractivity contribution in [1.82, 2.24) is 0 Å². The molecule has 0 aliphatic heterocycles. The summed E-state index contributed by atoms with van der Waals surface area (Å²) < 4.78 is 25.4. The van der Waals surface area contributed by atoms with Gasteiger partial charge in [0.15, 0.2) is 0 Å². The normalized spacial score (nSPS) is 9.65. The fraction of sp³-hybridized carbons (Fsp3) is 0.125. The molecule has 2 aromatic carbocycles. The third-order valence-electron chi connectivity index (χ3n) is 2.55. The predicted molar refractivity (Wildman–Crippen MR) is 85.4 cm³/mol. The molecule has 0 aliphatic rings. The van der Waals surface area contributed by atoms with E-state index in [4.69, 9.17) is 11.6 Å². The Morgan fingerprint density at radius 2 is 1.85 bits per heavy atom. The van der Waals surface area contributed by atoms with Gasteiger partial charge in [0.1, 0.15) is 11.6 Å². The van der Waals surface area contributed by atoms with Gasteiger partial charge in [0, 0.05) is 22.0 Å². The summed E-state index contributed by atoms with van der Waals surface area (Å²) in [6, 6.07) is 11.2. The van der Waals surface area contributed by atoms with Crippen molar-refractivity contribution in [2.45, 2.75) is 6.92 Å². The van der Waals surface area contributed by atoms with Gasteiger partial charge in [0.05, 0.1) is 0 Å². The van der Waals surface area contributed by atoms with E-state index < -0.39 is 11.6 Å². The molecule has 0 fully saturated rings. The lowest BCUT2D eigenvalue weighted by Crippen LogP contribution is -1.90. The van der Waals surface area contributed by atoms with E-state index in [1.54, 1.807) is 0 Å². The smallest absolute Gasteiger partial charge is 0.133 e. The van der Waals surface area contributed by atoms with Crippen molar-refractivity contribution in [1.29, 1.82) is 0 Å². The molecule has 0 heterocycles. The molecule has 4 heteroatoms. The first-order valence-electron chi connectivity index (χ1n) is 5.86. The highest BCUT2D eigenvalue weighted by Crippen LogP contribution is 2.18. The Labute approximate surface area is 131 Å². The van der Waals surface area contributed by atoms with Crippen LogP contribution in [0.1, 0.15) is 11.1 Å². The highest BCUT2D eigenvalue weighted by atomic mass is 79.9.